The summed E-state index contributed by atoms with van der Waals surface area (Å²) in [6.07, 6.45) is 0. The molecule has 0 spiro atoms. The van der Waals surface area contributed by atoms with Gasteiger partial charge in [0.2, 0.25) is 11.0 Å². The topological polar surface area (TPSA) is 84.0 Å². The Balaban J connectivity index is 1.40. The second kappa shape index (κ2) is 8.42. The quantitative estimate of drug-likeness (QED) is 0.504. The number of nitrogens with one attached hydrogen (secondary N) is 2. The summed E-state index contributed by atoms with van der Waals surface area (Å²) < 4.78 is 0. The van der Waals surface area contributed by atoms with Crippen molar-refractivity contribution in [1.82, 2.24) is 15.5 Å². The third-order valence-corrected chi connectivity index (χ3v) is 5.56. The number of fused-ring (bicyclic) bond motifs is 1. The summed E-state index contributed by atoms with van der Waals surface area (Å²) in [6.45, 7) is 3.64. The van der Waals surface area contributed by atoms with Gasteiger partial charge >= 0.3 is 0 Å². The van der Waals surface area contributed by atoms with E-state index in [1.165, 1.54) is 11.3 Å². The largest absolute Gasteiger partial charge is 0.341 e. The average Bonchev–Trinajstić information content (AvgIpc) is 3.21. The van der Waals surface area contributed by atoms with E-state index in [-0.39, 0.29) is 11.8 Å². The molecule has 2 amide bonds. The molecule has 150 valence electrons. The molecule has 30 heavy (non-hydrogen) atoms. The van der Waals surface area contributed by atoms with Crippen molar-refractivity contribution in [1.29, 1.82) is 0 Å². The summed E-state index contributed by atoms with van der Waals surface area (Å²) in [4.78, 5) is 25.1. The van der Waals surface area contributed by atoms with Crippen molar-refractivity contribution in [3.8, 4) is 10.6 Å². The molecular weight excluding hydrogens is 396 g/mol. The van der Waals surface area contributed by atoms with Crippen molar-refractivity contribution in [2.75, 3.05) is 5.32 Å². The predicted octanol–water partition coefficient (Wildman–Crippen LogP) is 4.42. The average molecular weight is 417 g/mol. The molecule has 4 rings (SSSR count). The fourth-order valence-corrected chi connectivity index (χ4v) is 3.80. The summed E-state index contributed by atoms with van der Waals surface area (Å²) in [5.41, 5.74) is 2.58. The second-order valence-corrected chi connectivity index (χ2v) is 8.01. The molecule has 1 unspecified atom stereocenters. The zero-order valence-corrected chi connectivity index (χ0v) is 17.4. The van der Waals surface area contributed by atoms with Crippen LogP contribution in [0.3, 0.4) is 0 Å². The summed E-state index contributed by atoms with van der Waals surface area (Å²) in [6, 6.07) is 20.5. The van der Waals surface area contributed by atoms with E-state index in [0.29, 0.717) is 10.7 Å². The van der Waals surface area contributed by atoms with Crippen molar-refractivity contribution in [3.05, 3.63) is 77.9 Å². The lowest BCUT2D eigenvalue weighted by Gasteiger charge is -2.13. The number of carbonyl (C=O) groups is 2. The third kappa shape index (κ3) is 4.36. The monoisotopic (exact) mass is 416 g/mol. The van der Waals surface area contributed by atoms with Gasteiger partial charge in [-0.05, 0) is 42.8 Å². The van der Waals surface area contributed by atoms with Crippen molar-refractivity contribution >= 4 is 39.1 Å². The van der Waals surface area contributed by atoms with Gasteiger partial charge in [-0.15, -0.1) is 10.2 Å². The molecule has 1 atom stereocenters. The van der Waals surface area contributed by atoms with Gasteiger partial charge < -0.3 is 5.32 Å². The van der Waals surface area contributed by atoms with Crippen LogP contribution in [-0.4, -0.2) is 28.1 Å². The Morgan fingerprint density at radius 2 is 1.73 bits per heavy atom. The number of nitrogens with zero attached hydrogens (tertiary/aromatic N) is 2. The maximum atomic E-state index is 12.6. The summed E-state index contributed by atoms with van der Waals surface area (Å²) in [5, 5.41) is 16.8. The van der Waals surface area contributed by atoms with Crippen LogP contribution in [0.15, 0.2) is 66.7 Å². The first-order valence-corrected chi connectivity index (χ1v) is 10.3. The molecular formula is C23H20N4O2S. The smallest absolute Gasteiger partial charge is 0.251 e. The van der Waals surface area contributed by atoms with Crippen LogP contribution in [0, 0.1) is 6.92 Å². The number of anilines is 1. The Hall–Kier alpha value is -3.58. The van der Waals surface area contributed by atoms with Crippen LogP contribution in [-0.2, 0) is 4.79 Å². The van der Waals surface area contributed by atoms with E-state index in [4.69, 9.17) is 0 Å². The van der Waals surface area contributed by atoms with E-state index in [1.54, 1.807) is 13.0 Å². The number of hydrogen-bond donors (Lipinski definition) is 2. The zero-order valence-electron chi connectivity index (χ0n) is 16.5. The van der Waals surface area contributed by atoms with Gasteiger partial charge in [0.1, 0.15) is 11.0 Å². The number of hydrogen-bond acceptors (Lipinski definition) is 5. The molecule has 3 aromatic carbocycles. The number of carbonyl (C=O) groups excluding carboxylic acids is 2. The number of aromatic nitrogens is 2. The SMILES string of the molecule is Cc1cccc(-c2nnc(NC(=O)C(C)NC(=O)c3ccc4ccccc4c3)s2)c1. The van der Waals surface area contributed by atoms with Gasteiger partial charge in [0.15, 0.2) is 0 Å². The first-order valence-electron chi connectivity index (χ1n) is 9.51. The highest BCUT2D eigenvalue weighted by molar-refractivity contribution is 7.18. The van der Waals surface area contributed by atoms with Gasteiger partial charge in [-0.2, -0.15) is 0 Å². The molecule has 4 aromatic rings. The zero-order chi connectivity index (χ0) is 21.1. The van der Waals surface area contributed by atoms with Crippen molar-refractivity contribution in [3.63, 3.8) is 0 Å². The molecule has 0 bridgehead atoms. The van der Waals surface area contributed by atoms with Crippen molar-refractivity contribution < 1.29 is 9.59 Å². The molecule has 0 aliphatic carbocycles. The van der Waals surface area contributed by atoms with Crippen LogP contribution in [0.5, 0.6) is 0 Å². The van der Waals surface area contributed by atoms with Gasteiger partial charge in [-0.1, -0.05) is 65.4 Å². The summed E-state index contributed by atoms with van der Waals surface area (Å²) >= 11 is 1.29. The molecule has 7 heteroatoms. The number of rotatable bonds is 5. The number of benzene rings is 3. The fourth-order valence-electron chi connectivity index (χ4n) is 3.06. The van der Waals surface area contributed by atoms with Gasteiger partial charge in [0.05, 0.1) is 0 Å². The van der Waals surface area contributed by atoms with Gasteiger partial charge in [-0.25, -0.2) is 0 Å². The lowest BCUT2D eigenvalue weighted by molar-refractivity contribution is -0.117. The molecule has 0 aliphatic rings. The number of amides is 2. The predicted molar refractivity (Wildman–Crippen MR) is 120 cm³/mol. The summed E-state index contributed by atoms with van der Waals surface area (Å²) in [7, 11) is 0. The molecule has 0 saturated heterocycles. The van der Waals surface area contributed by atoms with E-state index >= 15 is 0 Å². The van der Waals surface area contributed by atoms with Crippen LogP contribution in [0.4, 0.5) is 5.13 Å². The minimum Gasteiger partial charge on any atom is -0.341 e. The standard InChI is InChI=1S/C23H20N4O2S/c1-14-6-5-9-19(12-14)22-26-27-23(30-22)25-20(28)15(2)24-21(29)18-11-10-16-7-3-4-8-17(16)13-18/h3-13,15H,1-2H3,(H,24,29)(H,25,27,28). The lowest BCUT2D eigenvalue weighted by atomic mass is 10.1. The normalized spacial score (nSPS) is 11.8. The van der Waals surface area contributed by atoms with Gasteiger partial charge in [-0.3, -0.25) is 14.9 Å². The van der Waals surface area contributed by atoms with Gasteiger partial charge in [0, 0.05) is 11.1 Å². The first-order chi connectivity index (χ1) is 14.5. The number of aryl methyl sites for hydroxylation is 1. The third-order valence-electron chi connectivity index (χ3n) is 4.67. The molecule has 2 N–H and O–H groups in total. The Kier molecular flexibility index (Phi) is 5.54. The summed E-state index contributed by atoms with van der Waals surface area (Å²) in [5.74, 6) is -0.655. The van der Waals surface area contributed by atoms with E-state index in [1.807, 2.05) is 67.6 Å². The molecule has 0 radical (unpaired) electrons. The minimum atomic E-state index is -0.727. The molecule has 1 heterocycles. The maximum absolute atomic E-state index is 12.6. The molecule has 6 nitrogen and oxygen atoms in total. The van der Waals surface area contributed by atoms with Crippen LogP contribution in [0.25, 0.3) is 21.3 Å². The molecule has 0 fully saturated rings. The highest BCUT2D eigenvalue weighted by atomic mass is 32.1. The fraction of sp³-hybridized carbons (Fsp3) is 0.130. The highest BCUT2D eigenvalue weighted by Crippen LogP contribution is 2.26. The Labute approximate surface area is 178 Å². The highest BCUT2D eigenvalue weighted by Gasteiger charge is 2.19. The second-order valence-electron chi connectivity index (χ2n) is 7.03. The van der Waals surface area contributed by atoms with Crippen LogP contribution >= 0.6 is 11.3 Å². The van der Waals surface area contributed by atoms with Gasteiger partial charge in [0.25, 0.3) is 5.91 Å². The molecule has 0 saturated carbocycles. The van der Waals surface area contributed by atoms with Crippen LogP contribution in [0.1, 0.15) is 22.8 Å². The van der Waals surface area contributed by atoms with Crippen molar-refractivity contribution in [2.45, 2.75) is 19.9 Å². The first kappa shape index (κ1) is 19.7. The van der Waals surface area contributed by atoms with Crippen molar-refractivity contribution in [2.24, 2.45) is 0 Å². The van der Waals surface area contributed by atoms with Crippen LogP contribution < -0.4 is 10.6 Å². The lowest BCUT2D eigenvalue weighted by Crippen LogP contribution is -2.41. The Morgan fingerprint density at radius 3 is 2.53 bits per heavy atom. The van der Waals surface area contributed by atoms with E-state index in [9.17, 15) is 9.59 Å². The van der Waals surface area contributed by atoms with E-state index < -0.39 is 6.04 Å². The van der Waals surface area contributed by atoms with E-state index in [2.05, 4.69) is 20.8 Å². The molecule has 0 aliphatic heterocycles. The minimum absolute atomic E-state index is 0.305. The molecule has 1 aromatic heterocycles. The Bertz CT molecular complexity index is 1230. The maximum Gasteiger partial charge on any atom is 0.251 e. The van der Waals surface area contributed by atoms with E-state index in [0.717, 1.165) is 26.9 Å². The Morgan fingerprint density at radius 1 is 0.933 bits per heavy atom. The van der Waals surface area contributed by atoms with Crippen LogP contribution in [0.2, 0.25) is 0 Å².